The van der Waals surface area contributed by atoms with Crippen LogP contribution in [0, 0.1) is 24.7 Å². The Morgan fingerprint density at radius 2 is 2.04 bits per heavy atom. The van der Waals surface area contributed by atoms with Crippen LogP contribution in [0.4, 0.5) is 0 Å². The molecule has 2 heterocycles. The third-order valence-corrected chi connectivity index (χ3v) is 6.29. The SMILES string of the molecule is Cc1cc([C@@H]2CCCN(C(=O)[C@H]3C[C@@H]3C3CCCCC3)C2)n[nH]1. The highest BCUT2D eigenvalue weighted by Gasteiger charge is 2.49. The van der Waals surface area contributed by atoms with Crippen molar-refractivity contribution in [1.29, 1.82) is 0 Å². The fourth-order valence-electron chi connectivity index (χ4n) is 4.88. The Bertz CT molecular complexity index is 561. The molecule has 23 heavy (non-hydrogen) atoms. The summed E-state index contributed by atoms with van der Waals surface area (Å²) in [5, 5.41) is 7.46. The van der Waals surface area contributed by atoms with E-state index in [0.717, 1.165) is 49.7 Å². The number of likely N-dealkylation sites (tertiary alicyclic amines) is 1. The normalized spacial score (nSPS) is 32.0. The number of carbonyl (C=O) groups excluding carboxylic acids is 1. The fraction of sp³-hybridized carbons (Fsp3) is 0.789. The smallest absolute Gasteiger partial charge is 0.226 e. The van der Waals surface area contributed by atoms with Crippen LogP contribution in [0.5, 0.6) is 0 Å². The predicted octanol–water partition coefficient (Wildman–Crippen LogP) is 3.64. The average Bonchev–Trinajstić information content (AvgIpc) is 3.29. The molecule has 1 N–H and O–H groups in total. The van der Waals surface area contributed by atoms with Gasteiger partial charge in [0, 0.05) is 30.6 Å². The van der Waals surface area contributed by atoms with Crippen LogP contribution in [0.2, 0.25) is 0 Å². The minimum atomic E-state index is 0.345. The number of hydrogen-bond donors (Lipinski definition) is 1. The van der Waals surface area contributed by atoms with Crippen molar-refractivity contribution in [3.63, 3.8) is 0 Å². The minimum absolute atomic E-state index is 0.345. The molecule has 0 bridgehead atoms. The number of rotatable bonds is 3. The minimum Gasteiger partial charge on any atom is -0.342 e. The molecular weight excluding hydrogens is 286 g/mol. The molecule has 4 rings (SSSR count). The molecule has 0 aromatic carbocycles. The molecule has 1 aromatic heterocycles. The van der Waals surface area contributed by atoms with E-state index in [1.807, 2.05) is 6.92 Å². The van der Waals surface area contributed by atoms with Crippen molar-refractivity contribution >= 4 is 5.91 Å². The van der Waals surface area contributed by atoms with Gasteiger partial charge in [-0.1, -0.05) is 32.1 Å². The maximum absolute atomic E-state index is 12.9. The lowest BCUT2D eigenvalue weighted by Gasteiger charge is -2.32. The Kier molecular flexibility index (Phi) is 4.16. The number of aryl methyl sites for hydroxylation is 1. The van der Waals surface area contributed by atoms with Crippen molar-refractivity contribution in [2.24, 2.45) is 17.8 Å². The lowest BCUT2D eigenvalue weighted by Crippen LogP contribution is -2.40. The van der Waals surface area contributed by atoms with Crippen molar-refractivity contribution in [2.75, 3.05) is 13.1 Å². The Labute approximate surface area is 139 Å². The molecule has 4 nitrogen and oxygen atoms in total. The number of aromatic amines is 1. The largest absolute Gasteiger partial charge is 0.342 e. The monoisotopic (exact) mass is 315 g/mol. The van der Waals surface area contributed by atoms with E-state index in [1.165, 1.54) is 32.1 Å². The van der Waals surface area contributed by atoms with Gasteiger partial charge in [-0.25, -0.2) is 0 Å². The zero-order chi connectivity index (χ0) is 15.8. The number of hydrogen-bond acceptors (Lipinski definition) is 2. The van der Waals surface area contributed by atoms with Crippen LogP contribution in [0.3, 0.4) is 0 Å². The highest BCUT2D eigenvalue weighted by atomic mass is 16.2. The number of H-pyrrole nitrogens is 1. The number of aromatic nitrogens is 2. The van der Waals surface area contributed by atoms with E-state index in [1.54, 1.807) is 0 Å². The quantitative estimate of drug-likeness (QED) is 0.925. The van der Waals surface area contributed by atoms with Crippen molar-refractivity contribution in [2.45, 2.75) is 64.2 Å². The van der Waals surface area contributed by atoms with Crippen molar-refractivity contribution in [1.82, 2.24) is 15.1 Å². The first kappa shape index (κ1) is 15.2. The van der Waals surface area contributed by atoms with Gasteiger partial charge in [0.25, 0.3) is 0 Å². The first-order chi connectivity index (χ1) is 11.2. The Morgan fingerprint density at radius 3 is 2.78 bits per heavy atom. The van der Waals surface area contributed by atoms with Gasteiger partial charge in [0.05, 0.1) is 5.69 Å². The summed E-state index contributed by atoms with van der Waals surface area (Å²) in [5.41, 5.74) is 2.25. The molecule has 3 aliphatic rings. The molecule has 1 amide bonds. The van der Waals surface area contributed by atoms with Crippen LogP contribution in [0.1, 0.15) is 68.7 Å². The molecule has 4 heteroatoms. The van der Waals surface area contributed by atoms with Gasteiger partial charge in [0.2, 0.25) is 5.91 Å². The van der Waals surface area contributed by atoms with Crippen molar-refractivity contribution in [3.8, 4) is 0 Å². The number of nitrogens with one attached hydrogen (secondary N) is 1. The van der Waals surface area contributed by atoms with Gasteiger partial charge in [0.1, 0.15) is 0 Å². The van der Waals surface area contributed by atoms with E-state index in [-0.39, 0.29) is 0 Å². The maximum Gasteiger partial charge on any atom is 0.226 e. The molecule has 1 saturated heterocycles. The molecule has 1 aromatic rings. The van der Waals surface area contributed by atoms with Crippen LogP contribution >= 0.6 is 0 Å². The molecule has 0 unspecified atom stereocenters. The van der Waals surface area contributed by atoms with E-state index >= 15 is 0 Å². The van der Waals surface area contributed by atoms with Crippen LogP contribution in [0.15, 0.2) is 6.07 Å². The van der Waals surface area contributed by atoms with Gasteiger partial charge in [-0.15, -0.1) is 0 Å². The summed E-state index contributed by atoms with van der Waals surface area (Å²) in [5.74, 6) is 2.75. The van der Waals surface area contributed by atoms with Gasteiger partial charge >= 0.3 is 0 Å². The van der Waals surface area contributed by atoms with Gasteiger partial charge in [-0.3, -0.25) is 9.89 Å². The molecule has 0 radical (unpaired) electrons. The molecule has 126 valence electrons. The second kappa shape index (κ2) is 6.29. The van der Waals surface area contributed by atoms with Crippen LogP contribution in [0.25, 0.3) is 0 Å². The molecular formula is C19H29N3O. The fourth-order valence-corrected chi connectivity index (χ4v) is 4.88. The Hall–Kier alpha value is -1.32. The summed E-state index contributed by atoms with van der Waals surface area (Å²) >= 11 is 0. The van der Waals surface area contributed by atoms with Crippen LogP contribution < -0.4 is 0 Å². The van der Waals surface area contributed by atoms with E-state index in [4.69, 9.17) is 0 Å². The summed E-state index contributed by atoms with van der Waals surface area (Å²) < 4.78 is 0. The molecule has 0 spiro atoms. The second-order valence-electron chi connectivity index (χ2n) is 8.00. The lowest BCUT2D eigenvalue weighted by atomic mass is 9.85. The second-order valence-corrected chi connectivity index (χ2v) is 8.00. The van der Waals surface area contributed by atoms with Gasteiger partial charge in [-0.05, 0) is 44.1 Å². The summed E-state index contributed by atoms with van der Waals surface area (Å²) in [6, 6.07) is 2.14. The first-order valence-electron chi connectivity index (χ1n) is 9.53. The van der Waals surface area contributed by atoms with Gasteiger partial charge in [-0.2, -0.15) is 5.10 Å². The van der Waals surface area contributed by atoms with E-state index < -0.39 is 0 Å². The van der Waals surface area contributed by atoms with E-state index in [9.17, 15) is 4.79 Å². The lowest BCUT2D eigenvalue weighted by molar-refractivity contribution is -0.134. The zero-order valence-electron chi connectivity index (χ0n) is 14.3. The molecule has 1 aliphatic heterocycles. The molecule has 2 saturated carbocycles. The predicted molar refractivity (Wildman–Crippen MR) is 90.1 cm³/mol. The first-order valence-corrected chi connectivity index (χ1v) is 9.53. The number of nitrogens with zero attached hydrogens (tertiary/aromatic N) is 2. The summed E-state index contributed by atoms with van der Waals surface area (Å²) in [7, 11) is 0. The summed E-state index contributed by atoms with van der Waals surface area (Å²) in [6.45, 7) is 3.87. The van der Waals surface area contributed by atoms with Crippen LogP contribution in [-0.4, -0.2) is 34.1 Å². The zero-order valence-corrected chi connectivity index (χ0v) is 14.3. The topological polar surface area (TPSA) is 49.0 Å². The molecule has 3 atom stereocenters. The van der Waals surface area contributed by atoms with Crippen molar-refractivity contribution < 1.29 is 4.79 Å². The van der Waals surface area contributed by atoms with Crippen molar-refractivity contribution in [3.05, 3.63) is 17.5 Å². The summed E-state index contributed by atoms with van der Waals surface area (Å²) in [6.07, 6.45) is 10.3. The summed E-state index contributed by atoms with van der Waals surface area (Å²) in [4.78, 5) is 15.0. The third kappa shape index (κ3) is 3.17. The number of carbonyl (C=O) groups is 1. The van der Waals surface area contributed by atoms with E-state index in [0.29, 0.717) is 23.7 Å². The van der Waals surface area contributed by atoms with Crippen LogP contribution in [-0.2, 0) is 4.79 Å². The molecule has 2 aliphatic carbocycles. The third-order valence-electron chi connectivity index (χ3n) is 6.29. The highest BCUT2D eigenvalue weighted by Crippen LogP contribution is 2.50. The van der Waals surface area contributed by atoms with Gasteiger partial charge in [0.15, 0.2) is 0 Å². The Balaban J connectivity index is 1.35. The standard InChI is InChI=1S/C19H29N3O/c1-13-10-18(21-20-13)15-8-5-9-22(12-15)19(23)17-11-16(17)14-6-3-2-4-7-14/h10,14-17H,2-9,11-12H2,1H3,(H,20,21)/t15-,16-,17+/m1/s1. The molecule has 3 fully saturated rings. The van der Waals surface area contributed by atoms with E-state index in [2.05, 4.69) is 21.2 Å². The maximum atomic E-state index is 12.9. The Morgan fingerprint density at radius 1 is 1.22 bits per heavy atom. The highest BCUT2D eigenvalue weighted by molar-refractivity contribution is 5.82. The average molecular weight is 315 g/mol. The number of amides is 1. The van der Waals surface area contributed by atoms with Gasteiger partial charge < -0.3 is 4.90 Å². The number of piperidine rings is 1.